The average Bonchev–Trinajstić information content (AvgIpc) is 2.34. The molecule has 0 aromatic rings. The van der Waals surface area contributed by atoms with E-state index in [9.17, 15) is 4.79 Å². The Morgan fingerprint density at radius 3 is 2.90 bits per heavy atom. The molecule has 1 heterocycles. The highest BCUT2D eigenvalue weighted by Gasteiger charge is 2.23. The number of nitrogens with zero attached hydrogens (tertiary/aromatic N) is 1. The normalized spacial score (nSPS) is 25.4. The summed E-state index contributed by atoms with van der Waals surface area (Å²) in [5.74, 6) is 0.136. The average molecular weight is 255 g/mol. The number of carbonyl (C=O) groups excluding carboxylic acids is 1. The van der Waals surface area contributed by atoms with E-state index in [-0.39, 0.29) is 12.0 Å². The molecular formula is C6H10INO2. The molecule has 3 nitrogen and oxygen atoms in total. The van der Waals surface area contributed by atoms with E-state index in [0.717, 1.165) is 13.0 Å². The van der Waals surface area contributed by atoms with Crippen molar-refractivity contribution in [1.29, 1.82) is 0 Å². The van der Waals surface area contributed by atoms with Crippen molar-refractivity contribution in [3.05, 3.63) is 0 Å². The molecule has 0 unspecified atom stereocenters. The quantitative estimate of drug-likeness (QED) is 0.530. The van der Waals surface area contributed by atoms with Crippen molar-refractivity contribution in [2.75, 3.05) is 17.5 Å². The Bertz CT molecular complexity index is 140. The molecule has 0 aromatic heterocycles. The number of likely N-dealkylation sites (tertiary alicyclic amines) is 1. The van der Waals surface area contributed by atoms with Crippen LogP contribution in [0.15, 0.2) is 0 Å². The summed E-state index contributed by atoms with van der Waals surface area (Å²) in [6.07, 6.45) is 0.453. The Hall–Kier alpha value is 0.160. The van der Waals surface area contributed by atoms with Crippen LogP contribution in [0.1, 0.15) is 6.42 Å². The molecule has 1 N–H and O–H groups in total. The standard InChI is InChI=1S/C6H10INO2/c7-3-6(10)8-2-1-5(9)4-8/h5,9H,1-4H2/t5-/m1/s1. The molecule has 1 fully saturated rings. The van der Waals surface area contributed by atoms with Crippen LogP contribution in [0, 0.1) is 0 Å². The van der Waals surface area contributed by atoms with Gasteiger partial charge in [0.15, 0.2) is 0 Å². The number of rotatable bonds is 1. The van der Waals surface area contributed by atoms with Crippen LogP contribution in [0.3, 0.4) is 0 Å². The molecule has 1 rings (SSSR count). The highest BCUT2D eigenvalue weighted by Crippen LogP contribution is 2.09. The summed E-state index contributed by atoms with van der Waals surface area (Å²) >= 11 is 2.04. The molecule has 0 saturated carbocycles. The molecule has 0 aromatic carbocycles. The molecule has 1 aliphatic rings. The molecule has 1 aliphatic heterocycles. The summed E-state index contributed by atoms with van der Waals surface area (Å²) < 4.78 is 0.518. The van der Waals surface area contributed by atoms with Crippen molar-refractivity contribution in [1.82, 2.24) is 4.90 Å². The van der Waals surface area contributed by atoms with Gasteiger partial charge in [-0.1, -0.05) is 22.6 Å². The van der Waals surface area contributed by atoms with Crippen molar-refractivity contribution in [2.45, 2.75) is 12.5 Å². The van der Waals surface area contributed by atoms with Gasteiger partial charge in [0.2, 0.25) is 5.91 Å². The van der Waals surface area contributed by atoms with Crippen LogP contribution < -0.4 is 0 Å². The second kappa shape index (κ2) is 3.52. The maximum absolute atomic E-state index is 11.0. The number of alkyl halides is 1. The molecular weight excluding hydrogens is 245 g/mol. The van der Waals surface area contributed by atoms with Crippen LogP contribution in [-0.2, 0) is 4.79 Å². The van der Waals surface area contributed by atoms with Crippen molar-refractivity contribution in [3.63, 3.8) is 0 Å². The van der Waals surface area contributed by atoms with Gasteiger partial charge in [-0.2, -0.15) is 0 Å². The van der Waals surface area contributed by atoms with Crippen LogP contribution in [0.25, 0.3) is 0 Å². The van der Waals surface area contributed by atoms with Crippen molar-refractivity contribution in [2.24, 2.45) is 0 Å². The number of aliphatic hydroxyl groups is 1. The number of halogens is 1. The fraction of sp³-hybridized carbons (Fsp3) is 0.833. The maximum atomic E-state index is 11.0. The summed E-state index contributed by atoms with van der Waals surface area (Å²) in [5, 5.41) is 9.05. The van der Waals surface area contributed by atoms with E-state index in [2.05, 4.69) is 0 Å². The van der Waals surface area contributed by atoms with Gasteiger partial charge in [-0.3, -0.25) is 4.79 Å². The highest BCUT2D eigenvalue weighted by atomic mass is 127. The monoisotopic (exact) mass is 255 g/mol. The number of hydrogen-bond donors (Lipinski definition) is 1. The van der Waals surface area contributed by atoms with Crippen LogP contribution in [0.2, 0.25) is 0 Å². The summed E-state index contributed by atoms with van der Waals surface area (Å²) in [6.45, 7) is 1.25. The van der Waals surface area contributed by atoms with Gasteiger partial charge in [0.1, 0.15) is 0 Å². The van der Waals surface area contributed by atoms with Crippen molar-refractivity contribution in [3.8, 4) is 0 Å². The first-order chi connectivity index (χ1) is 4.74. The SMILES string of the molecule is O=C(CI)N1CC[C@@H](O)C1. The summed E-state index contributed by atoms with van der Waals surface area (Å²) in [6, 6.07) is 0. The first-order valence-electron chi connectivity index (χ1n) is 3.26. The lowest BCUT2D eigenvalue weighted by Crippen LogP contribution is -2.30. The summed E-state index contributed by atoms with van der Waals surface area (Å²) in [5.41, 5.74) is 0. The maximum Gasteiger partial charge on any atom is 0.232 e. The molecule has 4 heteroatoms. The van der Waals surface area contributed by atoms with Gasteiger partial charge in [0, 0.05) is 13.1 Å². The second-order valence-corrected chi connectivity index (χ2v) is 3.18. The molecule has 0 radical (unpaired) electrons. The Morgan fingerprint density at radius 2 is 2.50 bits per heavy atom. The van der Waals surface area contributed by atoms with Gasteiger partial charge < -0.3 is 10.0 Å². The summed E-state index contributed by atoms with van der Waals surface area (Å²) in [4.78, 5) is 12.7. The minimum absolute atomic E-state index is 0.136. The van der Waals surface area contributed by atoms with E-state index >= 15 is 0 Å². The molecule has 0 bridgehead atoms. The third-order valence-corrected chi connectivity index (χ3v) is 2.28. The molecule has 58 valence electrons. The number of hydrogen-bond acceptors (Lipinski definition) is 2. The van der Waals surface area contributed by atoms with Crippen LogP contribution in [-0.4, -0.2) is 39.5 Å². The Labute approximate surface area is 73.5 Å². The number of carbonyl (C=O) groups is 1. The van der Waals surface area contributed by atoms with Crippen LogP contribution >= 0.6 is 22.6 Å². The molecule has 1 atom stereocenters. The van der Waals surface area contributed by atoms with Gasteiger partial charge in [0.25, 0.3) is 0 Å². The van der Waals surface area contributed by atoms with E-state index < -0.39 is 0 Å². The Morgan fingerprint density at radius 1 is 1.80 bits per heavy atom. The van der Waals surface area contributed by atoms with E-state index in [0.29, 0.717) is 11.0 Å². The molecule has 0 aliphatic carbocycles. The lowest BCUT2D eigenvalue weighted by molar-refractivity contribution is -0.127. The van der Waals surface area contributed by atoms with Gasteiger partial charge in [0.05, 0.1) is 10.5 Å². The van der Waals surface area contributed by atoms with Crippen molar-refractivity contribution < 1.29 is 9.90 Å². The van der Waals surface area contributed by atoms with Crippen molar-refractivity contribution >= 4 is 28.5 Å². The van der Waals surface area contributed by atoms with Gasteiger partial charge in [-0.25, -0.2) is 0 Å². The minimum atomic E-state index is -0.285. The lowest BCUT2D eigenvalue weighted by Gasteiger charge is -2.12. The fourth-order valence-corrected chi connectivity index (χ4v) is 1.54. The predicted octanol–water partition coefficient (Wildman–Crippen LogP) is 0.0146. The highest BCUT2D eigenvalue weighted by molar-refractivity contribution is 14.1. The van der Waals surface area contributed by atoms with Gasteiger partial charge in [-0.15, -0.1) is 0 Å². The number of amides is 1. The largest absolute Gasteiger partial charge is 0.391 e. The first kappa shape index (κ1) is 8.26. The Balaban J connectivity index is 2.37. The van der Waals surface area contributed by atoms with E-state index in [4.69, 9.17) is 5.11 Å². The molecule has 0 spiro atoms. The topological polar surface area (TPSA) is 40.5 Å². The molecule has 1 amide bonds. The third-order valence-electron chi connectivity index (χ3n) is 1.63. The van der Waals surface area contributed by atoms with Crippen LogP contribution in [0.5, 0.6) is 0 Å². The van der Waals surface area contributed by atoms with Gasteiger partial charge in [-0.05, 0) is 6.42 Å². The molecule has 1 saturated heterocycles. The predicted molar refractivity (Wildman–Crippen MR) is 46.1 cm³/mol. The zero-order valence-electron chi connectivity index (χ0n) is 5.59. The third kappa shape index (κ3) is 1.82. The van der Waals surface area contributed by atoms with E-state index in [1.165, 1.54) is 0 Å². The van der Waals surface area contributed by atoms with E-state index in [1.54, 1.807) is 4.90 Å². The second-order valence-electron chi connectivity index (χ2n) is 2.42. The van der Waals surface area contributed by atoms with Gasteiger partial charge >= 0.3 is 0 Å². The van der Waals surface area contributed by atoms with Crippen LogP contribution in [0.4, 0.5) is 0 Å². The number of aliphatic hydroxyl groups excluding tert-OH is 1. The zero-order valence-corrected chi connectivity index (χ0v) is 7.74. The summed E-state index contributed by atoms with van der Waals surface area (Å²) in [7, 11) is 0. The zero-order chi connectivity index (χ0) is 7.56. The minimum Gasteiger partial charge on any atom is -0.391 e. The molecule has 10 heavy (non-hydrogen) atoms. The number of β-amino-alcohol motifs (C(OH)–C–C–N with tert-alkyl or cyclic N) is 1. The van der Waals surface area contributed by atoms with E-state index in [1.807, 2.05) is 22.6 Å². The first-order valence-corrected chi connectivity index (χ1v) is 4.78. The smallest absolute Gasteiger partial charge is 0.232 e. The fourth-order valence-electron chi connectivity index (χ4n) is 1.05. The Kier molecular flexibility index (Phi) is 2.91. The lowest BCUT2D eigenvalue weighted by atomic mass is 10.3.